The SMILES string of the molecule is CCC(C)C(CCC(=O)N[C@@H](CC1CC1)C(N)=O)NC(=O)[C@H](Cc1cncn1C)NC(=O)CN(C)C(=O)[C@@H](NC(=O)[C@H](C)NC(=O)[C@H](Cc1c[nH]c2ccccc12)NC(=O)[C@H](CCC(N)=O)NC(=O)CCCCNC(=O)Cc1ccc([Si]([18F])(C(C)(C)C)C(C)(C)C)cc1)C(C)C. The van der Waals surface area contributed by atoms with E-state index in [1.165, 1.54) is 14.0 Å². The average molecular weight is 1350 g/mol. The topological polar surface area (TPSA) is 373 Å². The summed E-state index contributed by atoms with van der Waals surface area (Å²) in [6.07, 6.45) is 8.26. The van der Waals surface area contributed by atoms with Crippen LogP contribution in [0.25, 0.3) is 10.9 Å². The minimum Gasteiger partial charge on any atom is -0.370 e. The van der Waals surface area contributed by atoms with E-state index in [0.717, 1.165) is 34.2 Å². The summed E-state index contributed by atoms with van der Waals surface area (Å²) in [5.41, 5.74) is 13.8. The van der Waals surface area contributed by atoms with E-state index in [0.29, 0.717) is 48.0 Å². The normalized spacial score (nSPS) is 15.1. The van der Waals surface area contributed by atoms with Gasteiger partial charge in [0, 0.05) is 87.8 Å². The monoisotopic (exact) mass is 1350 g/mol. The van der Waals surface area contributed by atoms with Gasteiger partial charge in [-0.25, -0.2) is 4.98 Å². The molecule has 1 aliphatic carbocycles. The number of aromatic amines is 1. The van der Waals surface area contributed by atoms with Crippen molar-refractivity contribution in [1.82, 2.24) is 62.0 Å². The number of likely N-dealkylation sites (N-methyl/N-ethyl adjacent to an activating group) is 1. The highest BCUT2D eigenvalue weighted by molar-refractivity contribution is 6.90. The van der Waals surface area contributed by atoms with Gasteiger partial charge >= 0.3 is 0 Å². The van der Waals surface area contributed by atoms with Gasteiger partial charge in [0.15, 0.2) is 0 Å². The molecule has 4 aromatic rings. The first-order chi connectivity index (χ1) is 45.0. The van der Waals surface area contributed by atoms with Gasteiger partial charge in [0.2, 0.25) is 65.0 Å². The number of benzene rings is 2. The van der Waals surface area contributed by atoms with E-state index < -0.39 is 126 Å². The molecule has 5 rings (SSSR count). The van der Waals surface area contributed by atoms with Crippen LogP contribution in [0.15, 0.2) is 67.3 Å². The quantitative estimate of drug-likeness (QED) is 0.0173. The molecule has 528 valence electrons. The van der Waals surface area contributed by atoms with Crippen molar-refractivity contribution in [1.29, 1.82) is 0 Å². The fourth-order valence-corrected chi connectivity index (χ4v) is 16.7. The summed E-state index contributed by atoms with van der Waals surface area (Å²) in [5.74, 6) is -7.10. The standard InChI is InChI=1S/C69H105FN14O11Si/c1-14-42(4)50(29-31-58(87)78-53(62(72)90)33-44-22-23-44)80-66(94)55(36-47-38-73-40-84(47)13)79-60(89)39-83(12)67(95)61(41(2)3)82-63(91)43(5)76-65(93)54(35-46-37-75-51-20-16-15-19-49(46)51)81-64(92)52(28-30-56(71)85)77-57(86)21-17-18-32-74-59(88)34-45-24-26-48(27-25-45)96(70,68(6,7)8)69(9,10)11/h15-16,19-20,24-27,37-38,40-44,50,52-55,61,75H,14,17-18,21-23,28-36,39H2,1-13H3,(H2,71,85)(H2,72,90)(H,74,88)(H,76,93)(H,77,86)(H,78,87)(H,79,89)(H,80,94)(H,81,92)(H,82,91)/t42?,43-,50?,52-,53-,54-,55-,61-/m0/s1/i70-1. The highest BCUT2D eigenvalue weighted by atomic mass is 28.4. The van der Waals surface area contributed by atoms with E-state index in [1.54, 1.807) is 74.5 Å². The molecule has 96 heavy (non-hydrogen) atoms. The molecule has 2 unspecified atom stereocenters. The highest BCUT2D eigenvalue weighted by Gasteiger charge is 2.56. The zero-order valence-corrected chi connectivity index (χ0v) is 59.3. The molecule has 0 bridgehead atoms. The highest BCUT2D eigenvalue weighted by Crippen LogP contribution is 2.51. The fourth-order valence-electron chi connectivity index (χ4n) is 12.0. The Morgan fingerprint density at radius 3 is 1.90 bits per heavy atom. The van der Waals surface area contributed by atoms with Crippen LogP contribution < -0.4 is 59.2 Å². The van der Waals surface area contributed by atoms with E-state index in [2.05, 4.69) is 52.5 Å². The minimum atomic E-state index is -3.48. The van der Waals surface area contributed by atoms with Crippen LogP contribution in [0.1, 0.15) is 164 Å². The van der Waals surface area contributed by atoms with Crippen LogP contribution in [0.5, 0.6) is 0 Å². The number of para-hydroxylation sites is 1. The summed E-state index contributed by atoms with van der Waals surface area (Å²) >= 11 is 0. The van der Waals surface area contributed by atoms with Gasteiger partial charge in [-0.2, -0.15) is 0 Å². The molecule has 0 spiro atoms. The van der Waals surface area contributed by atoms with Gasteiger partial charge in [-0.15, -0.1) is 0 Å². The number of carbonyl (C=O) groups excluding carboxylic acids is 11. The number of nitrogens with zero attached hydrogens (tertiary/aromatic N) is 3. The number of aryl methyl sites for hydroxylation is 1. The van der Waals surface area contributed by atoms with E-state index in [1.807, 2.05) is 73.6 Å². The second-order valence-corrected chi connectivity index (χ2v) is 33.2. The Kier molecular flexibility index (Phi) is 28.9. The minimum absolute atomic E-state index is 0.000285. The van der Waals surface area contributed by atoms with Crippen LogP contribution in [0.2, 0.25) is 10.1 Å². The molecule has 1 aliphatic rings. The van der Waals surface area contributed by atoms with Crippen LogP contribution in [-0.4, -0.2) is 155 Å². The van der Waals surface area contributed by atoms with Gasteiger partial charge in [0.25, 0.3) is 8.41 Å². The van der Waals surface area contributed by atoms with Crippen LogP contribution in [-0.2, 0) is 79.1 Å². The summed E-state index contributed by atoms with van der Waals surface area (Å²) in [5, 5.41) is 22.5. The third-order valence-electron chi connectivity index (χ3n) is 18.0. The first-order valence-electron chi connectivity index (χ1n) is 33.5. The molecule has 0 radical (unpaired) electrons. The number of unbranched alkanes of at least 4 members (excludes halogenated alkanes) is 1. The number of H-pyrrole nitrogens is 1. The van der Waals surface area contributed by atoms with Gasteiger partial charge in [-0.1, -0.05) is 131 Å². The molecule has 2 heterocycles. The Balaban J connectivity index is 1.20. The predicted octanol–water partition coefficient (Wildman–Crippen LogP) is 3.84. The largest absolute Gasteiger partial charge is 0.370 e. The Bertz CT molecular complexity index is 3340. The van der Waals surface area contributed by atoms with Crippen molar-refractivity contribution in [3.63, 3.8) is 0 Å². The second-order valence-electron chi connectivity index (χ2n) is 28.3. The Labute approximate surface area is 564 Å². The molecule has 2 aromatic carbocycles. The summed E-state index contributed by atoms with van der Waals surface area (Å²) in [4.78, 5) is 157. The van der Waals surface area contributed by atoms with Crippen molar-refractivity contribution in [2.75, 3.05) is 20.1 Å². The van der Waals surface area contributed by atoms with Crippen LogP contribution in [0.3, 0.4) is 0 Å². The zero-order chi connectivity index (χ0) is 71.4. The smallest absolute Gasteiger partial charge is 0.288 e. The Morgan fingerprint density at radius 1 is 0.698 bits per heavy atom. The maximum absolute atomic E-state index is 16.8. The van der Waals surface area contributed by atoms with Gasteiger partial charge in [0.05, 0.1) is 19.3 Å². The van der Waals surface area contributed by atoms with Crippen LogP contribution >= 0.6 is 0 Å². The lowest BCUT2D eigenvalue weighted by Crippen LogP contribution is -2.59. The number of aromatic nitrogens is 3. The summed E-state index contributed by atoms with van der Waals surface area (Å²) in [6.45, 7) is 19.9. The van der Waals surface area contributed by atoms with E-state index >= 15 is 4.11 Å². The van der Waals surface area contributed by atoms with E-state index in [4.69, 9.17) is 11.5 Å². The second kappa shape index (κ2) is 35.5. The van der Waals surface area contributed by atoms with Crippen molar-refractivity contribution >= 4 is 89.5 Å². The maximum Gasteiger partial charge on any atom is 0.288 e. The van der Waals surface area contributed by atoms with Crippen LogP contribution in [0, 0.1) is 17.8 Å². The number of carbonyl (C=O) groups is 11. The van der Waals surface area contributed by atoms with Crippen molar-refractivity contribution in [2.45, 2.75) is 218 Å². The lowest BCUT2D eigenvalue weighted by molar-refractivity contribution is -0.140. The predicted molar refractivity (Wildman–Crippen MR) is 367 cm³/mol. The molecule has 11 amide bonds. The molecule has 1 saturated carbocycles. The first kappa shape index (κ1) is 78.2. The van der Waals surface area contributed by atoms with E-state index in [9.17, 15) is 52.7 Å². The van der Waals surface area contributed by atoms with Gasteiger partial charge in [-0.3, -0.25) is 52.7 Å². The number of nitrogens with two attached hydrogens (primary N) is 2. The maximum atomic E-state index is 16.8. The number of fused-ring (bicyclic) bond motifs is 1. The molecule has 27 heteroatoms. The third-order valence-corrected chi connectivity index (χ3v) is 23.3. The fraction of sp³-hybridized carbons (Fsp3) is 0.594. The number of imidazole rings is 1. The lowest BCUT2D eigenvalue weighted by Gasteiger charge is -2.44. The van der Waals surface area contributed by atoms with Crippen molar-refractivity contribution in [3.8, 4) is 0 Å². The number of hydrogen-bond donors (Lipinski definition) is 11. The average Bonchev–Trinajstić information content (AvgIpc) is 1.04. The molecular formula is C69H105FN14O11Si. The molecule has 0 saturated heterocycles. The van der Waals surface area contributed by atoms with Gasteiger partial charge < -0.3 is 72.6 Å². The molecule has 1 fully saturated rings. The first-order valence-corrected chi connectivity index (χ1v) is 35.4. The van der Waals surface area contributed by atoms with Gasteiger partial charge in [-0.05, 0) is 89.2 Å². The van der Waals surface area contributed by atoms with Crippen molar-refractivity contribution in [3.05, 3.63) is 84.1 Å². The molecule has 13 N–H and O–H groups in total. The molecule has 25 nitrogen and oxygen atoms in total. The summed E-state index contributed by atoms with van der Waals surface area (Å²) in [7, 11) is -0.372. The number of amides is 11. The van der Waals surface area contributed by atoms with Gasteiger partial charge in [0.1, 0.15) is 36.3 Å². The van der Waals surface area contributed by atoms with Crippen molar-refractivity contribution < 1.29 is 56.8 Å². The number of rotatable bonds is 38. The third kappa shape index (κ3) is 23.1. The number of halogens is 1. The number of primary amides is 2. The molecule has 0 aliphatic heterocycles. The van der Waals surface area contributed by atoms with Crippen LogP contribution in [0.4, 0.5) is 4.11 Å². The van der Waals surface area contributed by atoms with E-state index in [-0.39, 0.29) is 75.6 Å². The Morgan fingerprint density at radius 2 is 1.30 bits per heavy atom. The zero-order valence-electron chi connectivity index (χ0n) is 58.3. The summed E-state index contributed by atoms with van der Waals surface area (Å²) in [6, 6.07) is 6.77. The molecule has 2 aromatic heterocycles. The lowest BCUT2D eigenvalue weighted by atomic mass is 9.94. The Hall–Kier alpha value is -8.49. The molecule has 8 atom stereocenters. The summed E-state index contributed by atoms with van der Waals surface area (Å²) < 4.78 is 18.5. The molecular weight excluding hydrogens is 1250 g/mol. The number of nitrogens with one attached hydrogen (secondary N) is 9. The number of hydrogen-bond acceptors (Lipinski definition) is 12. The van der Waals surface area contributed by atoms with Crippen molar-refractivity contribution in [2.24, 2.45) is 36.3 Å².